The predicted octanol–water partition coefficient (Wildman–Crippen LogP) is 1.22. The van der Waals surface area contributed by atoms with Crippen molar-refractivity contribution in [2.75, 3.05) is 13.7 Å². The number of aromatic carboxylic acids is 1. The predicted molar refractivity (Wildman–Crippen MR) is 47.9 cm³/mol. The normalized spacial score (nSPS) is 10.2. The van der Waals surface area contributed by atoms with Crippen LogP contribution < -0.4 is 0 Å². The Balaban J connectivity index is 2.44. The first kappa shape index (κ1) is 9.80. The van der Waals surface area contributed by atoms with Crippen molar-refractivity contribution in [3.8, 4) is 0 Å². The Kier molecular flexibility index (Phi) is 3.52. The fourth-order valence-corrected chi connectivity index (χ4v) is 1.10. The molecule has 0 saturated carbocycles. The van der Waals surface area contributed by atoms with Gasteiger partial charge in [-0.25, -0.2) is 4.79 Å². The quantitative estimate of drug-likeness (QED) is 0.698. The highest BCUT2D eigenvalue weighted by molar-refractivity contribution is 5.87. The van der Waals surface area contributed by atoms with Crippen molar-refractivity contribution in [2.45, 2.75) is 13.0 Å². The molecule has 0 aliphatic carbocycles. The van der Waals surface area contributed by atoms with Crippen LogP contribution in [-0.2, 0) is 11.3 Å². The van der Waals surface area contributed by atoms with E-state index >= 15 is 0 Å². The number of aryl methyl sites for hydroxylation is 1. The van der Waals surface area contributed by atoms with Gasteiger partial charge in [-0.05, 0) is 12.5 Å². The van der Waals surface area contributed by atoms with E-state index in [2.05, 4.69) is 0 Å². The van der Waals surface area contributed by atoms with Crippen LogP contribution in [0.4, 0.5) is 0 Å². The first-order valence-electron chi connectivity index (χ1n) is 4.12. The average Bonchev–Trinajstić information content (AvgIpc) is 2.53. The summed E-state index contributed by atoms with van der Waals surface area (Å²) in [6, 6.07) is 1.59. The Morgan fingerprint density at radius 3 is 3.00 bits per heavy atom. The molecule has 0 amide bonds. The van der Waals surface area contributed by atoms with Crippen molar-refractivity contribution in [1.29, 1.82) is 0 Å². The molecule has 0 aliphatic rings. The number of ether oxygens (including phenoxy) is 1. The summed E-state index contributed by atoms with van der Waals surface area (Å²) < 4.78 is 6.74. The van der Waals surface area contributed by atoms with E-state index in [0.29, 0.717) is 12.2 Å². The zero-order chi connectivity index (χ0) is 9.68. The number of hydrogen-bond donors (Lipinski definition) is 1. The number of carboxylic acids is 1. The maximum Gasteiger partial charge on any atom is 0.337 e. The van der Waals surface area contributed by atoms with Gasteiger partial charge < -0.3 is 14.4 Å². The van der Waals surface area contributed by atoms with E-state index in [4.69, 9.17) is 9.84 Å². The maximum absolute atomic E-state index is 10.5. The Morgan fingerprint density at radius 1 is 1.69 bits per heavy atom. The minimum absolute atomic E-state index is 0.331. The fourth-order valence-electron chi connectivity index (χ4n) is 1.10. The van der Waals surface area contributed by atoms with Crippen LogP contribution in [0.3, 0.4) is 0 Å². The van der Waals surface area contributed by atoms with Crippen LogP contribution in [0.25, 0.3) is 0 Å². The monoisotopic (exact) mass is 183 g/mol. The molecule has 4 heteroatoms. The van der Waals surface area contributed by atoms with Crippen LogP contribution in [0.2, 0.25) is 0 Å². The van der Waals surface area contributed by atoms with Crippen LogP contribution in [-0.4, -0.2) is 29.4 Å². The summed E-state index contributed by atoms with van der Waals surface area (Å²) in [4.78, 5) is 10.5. The summed E-state index contributed by atoms with van der Waals surface area (Å²) in [5.74, 6) is -0.884. The van der Waals surface area contributed by atoms with Crippen LogP contribution >= 0.6 is 0 Å². The van der Waals surface area contributed by atoms with Gasteiger partial charge in [-0.2, -0.15) is 0 Å². The van der Waals surface area contributed by atoms with Gasteiger partial charge in [-0.3, -0.25) is 0 Å². The summed E-state index contributed by atoms with van der Waals surface area (Å²) in [7, 11) is 1.65. The fraction of sp³-hybridized carbons (Fsp3) is 0.444. The first-order chi connectivity index (χ1) is 6.24. The van der Waals surface area contributed by atoms with E-state index in [1.807, 2.05) is 4.57 Å². The molecule has 0 aromatic carbocycles. The average molecular weight is 183 g/mol. The van der Waals surface area contributed by atoms with Gasteiger partial charge in [-0.1, -0.05) is 0 Å². The van der Waals surface area contributed by atoms with Gasteiger partial charge in [0.2, 0.25) is 0 Å². The number of rotatable bonds is 5. The Bertz CT molecular complexity index is 280. The van der Waals surface area contributed by atoms with Crippen molar-refractivity contribution < 1.29 is 14.6 Å². The van der Waals surface area contributed by atoms with E-state index in [0.717, 1.165) is 13.0 Å². The number of hydrogen-bond acceptors (Lipinski definition) is 2. The highest BCUT2D eigenvalue weighted by Gasteiger charge is 2.03. The number of carboxylic acid groups (broad SMARTS) is 1. The summed E-state index contributed by atoms with van der Waals surface area (Å²) in [5.41, 5.74) is 0.331. The third-order valence-electron chi connectivity index (χ3n) is 1.76. The minimum Gasteiger partial charge on any atom is -0.478 e. The molecule has 0 radical (unpaired) electrons. The second-order valence-corrected chi connectivity index (χ2v) is 2.79. The van der Waals surface area contributed by atoms with Crippen LogP contribution in [0, 0.1) is 0 Å². The minimum atomic E-state index is -0.884. The lowest BCUT2D eigenvalue weighted by molar-refractivity contribution is 0.0697. The molecule has 4 nitrogen and oxygen atoms in total. The van der Waals surface area contributed by atoms with Gasteiger partial charge in [0.1, 0.15) is 0 Å². The topological polar surface area (TPSA) is 51.5 Å². The second kappa shape index (κ2) is 4.67. The van der Waals surface area contributed by atoms with Crippen molar-refractivity contribution in [1.82, 2.24) is 4.57 Å². The molecule has 13 heavy (non-hydrogen) atoms. The summed E-state index contributed by atoms with van der Waals surface area (Å²) >= 11 is 0. The van der Waals surface area contributed by atoms with Gasteiger partial charge in [0.15, 0.2) is 0 Å². The van der Waals surface area contributed by atoms with E-state index < -0.39 is 5.97 Å². The maximum atomic E-state index is 10.5. The van der Waals surface area contributed by atoms with Gasteiger partial charge in [0.05, 0.1) is 5.56 Å². The third-order valence-corrected chi connectivity index (χ3v) is 1.76. The SMILES string of the molecule is COCCCn1ccc(C(=O)O)c1. The van der Waals surface area contributed by atoms with Crippen molar-refractivity contribution in [2.24, 2.45) is 0 Å². The van der Waals surface area contributed by atoms with E-state index in [9.17, 15) is 4.79 Å². The zero-order valence-corrected chi connectivity index (χ0v) is 7.56. The zero-order valence-electron chi connectivity index (χ0n) is 7.56. The van der Waals surface area contributed by atoms with Crippen LogP contribution in [0.1, 0.15) is 16.8 Å². The third kappa shape index (κ3) is 2.91. The van der Waals surface area contributed by atoms with Crippen molar-refractivity contribution in [3.05, 3.63) is 24.0 Å². The molecular weight excluding hydrogens is 170 g/mol. The Labute approximate surface area is 76.7 Å². The molecule has 72 valence electrons. The summed E-state index contributed by atoms with van der Waals surface area (Å²) in [5, 5.41) is 8.63. The van der Waals surface area contributed by atoms with Gasteiger partial charge in [-0.15, -0.1) is 0 Å². The highest BCUT2D eigenvalue weighted by Crippen LogP contribution is 2.01. The van der Waals surface area contributed by atoms with Crippen molar-refractivity contribution in [3.63, 3.8) is 0 Å². The molecule has 0 spiro atoms. The molecule has 0 unspecified atom stereocenters. The molecule has 0 atom stereocenters. The number of nitrogens with zero attached hydrogens (tertiary/aromatic N) is 1. The van der Waals surface area contributed by atoms with E-state index in [-0.39, 0.29) is 0 Å². The first-order valence-corrected chi connectivity index (χ1v) is 4.12. The lowest BCUT2D eigenvalue weighted by Crippen LogP contribution is -1.99. The van der Waals surface area contributed by atoms with Gasteiger partial charge in [0.25, 0.3) is 0 Å². The smallest absolute Gasteiger partial charge is 0.337 e. The molecular formula is C9H13NO3. The molecule has 1 N–H and O–H groups in total. The molecule has 0 saturated heterocycles. The molecule has 1 heterocycles. The van der Waals surface area contributed by atoms with Crippen LogP contribution in [0.15, 0.2) is 18.5 Å². The Morgan fingerprint density at radius 2 is 2.46 bits per heavy atom. The molecule has 0 bridgehead atoms. The molecule has 0 fully saturated rings. The highest BCUT2D eigenvalue weighted by atomic mass is 16.5. The summed E-state index contributed by atoms with van der Waals surface area (Å²) in [6.07, 6.45) is 4.28. The van der Waals surface area contributed by atoms with E-state index in [1.54, 1.807) is 25.6 Å². The van der Waals surface area contributed by atoms with Crippen LogP contribution in [0.5, 0.6) is 0 Å². The number of carbonyl (C=O) groups is 1. The standard InChI is InChI=1S/C9H13NO3/c1-13-6-2-4-10-5-3-8(7-10)9(11)12/h3,5,7H,2,4,6H2,1H3,(H,11,12). The van der Waals surface area contributed by atoms with Gasteiger partial charge >= 0.3 is 5.97 Å². The molecule has 1 rings (SSSR count). The molecule has 1 aromatic rings. The summed E-state index contributed by atoms with van der Waals surface area (Å²) in [6.45, 7) is 1.49. The largest absolute Gasteiger partial charge is 0.478 e. The second-order valence-electron chi connectivity index (χ2n) is 2.79. The Hall–Kier alpha value is -1.29. The number of methoxy groups -OCH3 is 1. The molecule has 1 aromatic heterocycles. The van der Waals surface area contributed by atoms with E-state index in [1.165, 1.54) is 0 Å². The molecule has 0 aliphatic heterocycles. The van der Waals surface area contributed by atoms with Crippen molar-refractivity contribution >= 4 is 5.97 Å². The lowest BCUT2D eigenvalue weighted by Gasteiger charge is -2.00. The van der Waals surface area contributed by atoms with Gasteiger partial charge in [0, 0.05) is 32.7 Å². The lowest BCUT2D eigenvalue weighted by atomic mass is 10.3. The number of aromatic nitrogens is 1.